The summed E-state index contributed by atoms with van der Waals surface area (Å²) in [6.07, 6.45) is 6.47. The predicted molar refractivity (Wildman–Crippen MR) is 80.4 cm³/mol. The average Bonchev–Trinajstić information content (AvgIpc) is 2.90. The number of nitro benzene ring substituents is 1. The van der Waals surface area contributed by atoms with Gasteiger partial charge < -0.3 is 4.90 Å². The van der Waals surface area contributed by atoms with Crippen molar-refractivity contribution in [2.45, 2.75) is 44.0 Å². The second kappa shape index (κ2) is 5.60. The molecule has 4 nitrogen and oxygen atoms in total. The molecule has 0 amide bonds. The topological polar surface area (TPSA) is 46.4 Å². The number of nitrogens with zero attached hydrogens (tertiary/aromatic N) is 2. The van der Waals surface area contributed by atoms with E-state index < -0.39 is 0 Å². The quantitative estimate of drug-likeness (QED) is 0.479. The van der Waals surface area contributed by atoms with Crippen LogP contribution < -0.4 is 4.90 Å². The first-order valence-corrected chi connectivity index (χ1v) is 7.84. The fourth-order valence-electron chi connectivity index (χ4n) is 3.76. The Bertz CT molecular complexity index is 521. The minimum atomic E-state index is -0.352. The largest absolute Gasteiger partial charge is 0.368 e. The molecule has 2 unspecified atom stereocenters. The summed E-state index contributed by atoms with van der Waals surface area (Å²) in [5.41, 5.74) is 1.84. The van der Waals surface area contributed by atoms with E-state index in [0.717, 1.165) is 18.2 Å². The van der Waals surface area contributed by atoms with Crippen molar-refractivity contribution in [3.05, 3.63) is 33.9 Å². The van der Waals surface area contributed by atoms with Crippen LogP contribution in [0.2, 0.25) is 0 Å². The molecule has 1 aliphatic heterocycles. The van der Waals surface area contributed by atoms with Gasteiger partial charge in [0.15, 0.2) is 0 Å². The Hall–Kier alpha value is -1.29. The zero-order chi connectivity index (χ0) is 14.1. The van der Waals surface area contributed by atoms with Crippen LogP contribution in [0.5, 0.6) is 0 Å². The molecule has 5 heteroatoms. The van der Waals surface area contributed by atoms with E-state index in [0.29, 0.717) is 11.6 Å². The van der Waals surface area contributed by atoms with Crippen molar-refractivity contribution in [1.82, 2.24) is 0 Å². The van der Waals surface area contributed by atoms with Gasteiger partial charge in [0.05, 0.1) is 10.8 Å². The van der Waals surface area contributed by atoms with Crippen molar-refractivity contribution >= 4 is 23.0 Å². The van der Waals surface area contributed by atoms with Crippen molar-refractivity contribution in [2.75, 3.05) is 11.4 Å². The van der Waals surface area contributed by atoms with Gasteiger partial charge in [-0.1, -0.05) is 12.8 Å². The maximum absolute atomic E-state index is 11.0. The van der Waals surface area contributed by atoms with Crippen LogP contribution in [0.1, 0.15) is 37.7 Å². The van der Waals surface area contributed by atoms with Crippen molar-refractivity contribution in [3.63, 3.8) is 0 Å². The highest BCUT2D eigenvalue weighted by molar-refractivity contribution is 6.17. The van der Waals surface area contributed by atoms with E-state index in [2.05, 4.69) is 4.90 Å². The third kappa shape index (κ3) is 2.37. The maximum atomic E-state index is 11.0. The molecule has 0 bridgehead atoms. The lowest BCUT2D eigenvalue weighted by Gasteiger charge is -2.33. The van der Waals surface area contributed by atoms with Crippen LogP contribution in [0.15, 0.2) is 18.2 Å². The predicted octanol–water partition coefficient (Wildman–Crippen LogP) is 4.10. The lowest BCUT2D eigenvalue weighted by atomic mass is 9.85. The van der Waals surface area contributed by atoms with Gasteiger partial charge in [0, 0.05) is 29.9 Å². The van der Waals surface area contributed by atoms with Gasteiger partial charge in [-0.05, 0) is 37.3 Å². The van der Waals surface area contributed by atoms with Crippen molar-refractivity contribution in [2.24, 2.45) is 5.92 Å². The van der Waals surface area contributed by atoms with Crippen LogP contribution in [0.4, 0.5) is 11.4 Å². The monoisotopic (exact) mass is 294 g/mol. The average molecular weight is 295 g/mol. The Morgan fingerprint density at radius 2 is 2.10 bits per heavy atom. The molecule has 0 aromatic heterocycles. The molecule has 2 aliphatic rings. The molecule has 20 heavy (non-hydrogen) atoms. The smallest absolute Gasteiger partial charge is 0.273 e. The van der Waals surface area contributed by atoms with E-state index in [9.17, 15) is 10.1 Å². The molecule has 1 heterocycles. The summed E-state index contributed by atoms with van der Waals surface area (Å²) in [6, 6.07) is 6.00. The summed E-state index contributed by atoms with van der Waals surface area (Å²) < 4.78 is 0. The third-order valence-corrected chi connectivity index (χ3v) is 5.03. The van der Waals surface area contributed by atoms with Gasteiger partial charge >= 0.3 is 0 Å². The number of fused-ring (bicyclic) bond motifs is 1. The number of hydrogen-bond donors (Lipinski definition) is 0. The van der Waals surface area contributed by atoms with Gasteiger partial charge in [-0.15, -0.1) is 11.6 Å². The van der Waals surface area contributed by atoms with Gasteiger partial charge in [0.2, 0.25) is 0 Å². The van der Waals surface area contributed by atoms with Crippen LogP contribution in [0.25, 0.3) is 0 Å². The molecule has 108 valence electrons. The second-order valence-electron chi connectivity index (χ2n) is 5.80. The van der Waals surface area contributed by atoms with Crippen LogP contribution in [0, 0.1) is 16.0 Å². The zero-order valence-corrected chi connectivity index (χ0v) is 12.2. The molecule has 2 fully saturated rings. The highest BCUT2D eigenvalue weighted by atomic mass is 35.5. The van der Waals surface area contributed by atoms with Crippen molar-refractivity contribution in [3.8, 4) is 0 Å². The van der Waals surface area contributed by atoms with Crippen LogP contribution in [-0.4, -0.2) is 17.5 Å². The number of rotatable bonds is 3. The number of anilines is 1. The van der Waals surface area contributed by atoms with Gasteiger partial charge in [0.1, 0.15) is 0 Å². The molecule has 0 radical (unpaired) electrons. The van der Waals surface area contributed by atoms with Crippen LogP contribution >= 0.6 is 11.6 Å². The fourth-order valence-corrected chi connectivity index (χ4v) is 3.98. The highest BCUT2D eigenvalue weighted by Gasteiger charge is 2.36. The van der Waals surface area contributed by atoms with Crippen LogP contribution in [-0.2, 0) is 5.88 Å². The molecule has 1 aromatic rings. The van der Waals surface area contributed by atoms with Crippen LogP contribution in [0.3, 0.4) is 0 Å². The van der Waals surface area contributed by atoms with E-state index in [4.69, 9.17) is 11.6 Å². The zero-order valence-electron chi connectivity index (χ0n) is 11.4. The van der Waals surface area contributed by atoms with E-state index in [-0.39, 0.29) is 16.5 Å². The number of alkyl halides is 1. The molecule has 3 rings (SSSR count). The molecule has 2 atom stereocenters. The Morgan fingerprint density at radius 1 is 1.30 bits per heavy atom. The van der Waals surface area contributed by atoms with Gasteiger partial charge in [0.25, 0.3) is 5.69 Å². The fraction of sp³-hybridized carbons (Fsp3) is 0.600. The van der Waals surface area contributed by atoms with Crippen molar-refractivity contribution in [1.29, 1.82) is 0 Å². The summed E-state index contributed by atoms with van der Waals surface area (Å²) in [6.45, 7) is 1.06. The van der Waals surface area contributed by atoms with E-state index in [1.54, 1.807) is 6.07 Å². The minimum Gasteiger partial charge on any atom is -0.368 e. The summed E-state index contributed by atoms with van der Waals surface area (Å²) in [5.74, 6) is 0.991. The number of benzene rings is 1. The first-order valence-electron chi connectivity index (χ1n) is 7.30. The van der Waals surface area contributed by atoms with Crippen molar-refractivity contribution < 1.29 is 4.92 Å². The standard InChI is InChI=1S/C15H19ClN2O2/c16-10-12-9-13(5-6-15(12)18(19)20)17-8-7-11-3-1-2-4-14(11)17/h5-6,9,11,14H,1-4,7-8,10H2. The molecule has 0 spiro atoms. The Morgan fingerprint density at radius 3 is 2.85 bits per heavy atom. The Kier molecular flexibility index (Phi) is 3.83. The minimum absolute atomic E-state index is 0.128. The maximum Gasteiger partial charge on any atom is 0.273 e. The highest BCUT2D eigenvalue weighted by Crippen LogP contribution is 2.39. The molecule has 1 aliphatic carbocycles. The van der Waals surface area contributed by atoms with E-state index in [1.165, 1.54) is 32.1 Å². The summed E-state index contributed by atoms with van der Waals surface area (Å²) in [4.78, 5) is 13.1. The summed E-state index contributed by atoms with van der Waals surface area (Å²) >= 11 is 5.87. The third-order valence-electron chi connectivity index (χ3n) is 4.75. The molecule has 1 saturated heterocycles. The van der Waals surface area contributed by atoms with E-state index >= 15 is 0 Å². The second-order valence-corrected chi connectivity index (χ2v) is 6.06. The Labute approximate surface area is 123 Å². The van der Waals surface area contributed by atoms with Gasteiger partial charge in [-0.3, -0.25) is 10.1 Å². The molecule has 1 aromatic carbocycles. The first kappa shape index (κ1) is 13.7. The molecule has 1 saturated carbocycles. The molecule has 0 N–H and O–H groups in total. The normalized spacial score (nSPS) is 25.6. The lowest BCUT2D eigenvalue weighted by Crippen LogP contribution is -2.34. The van der Waals surface area contributed by atoms with Gasteiger partial charge in [-0.2, -0.15) is 0 Å². The molecular formula is C15H19ClN2O2. The molecular weight excluding hydrogens is 276 g/mol. The van der Waals surface area contributed by atoms with E-state index in [1.807, 2.05) is 12.1 Å². The Balaban J connectivity index is 1.89. The summed E-state index contributed by atoms with van der Waals surface area (Å²) in [7, 11) is 0. The lowest BCUT2D eigenvalue weighted by molar-refractivity contribution is -0.385. The number of halogens is 1. The first-order chi connectivity index (χ1) is 9.70. The number of hydrogen-bond acceptors (Lipinski definition) is 3. The summed E-state index contributed by atoms with van der Waals surface area (Å²) in [5, 5.41) is 11.0. The number of nitro groups is 1. The van der Waals surface area contributed by atoms with Gasteiger partial charge in [-0.25, -0.2) is 0 Å². The SMILES string of the molecule is O=[N+]([O-])c1ccc(N2CCC3CCCCC32)cc1CCl.